The Labute approximate surface area is 85.0 Å². The highest BCUT2D eigenvalue weighted by molar-refractivity contribution is 6.35. The lowest BCUT2D eigenvalue weighted by Crippen LogP contribution is -2.20. The topological polar surface area (TPSA) is 68.0 Å². The Morgan fingerprint density at radius 2 is 2.23 bits per heavy atom. The van der Waals surface area contributed by atoms with Gasteiger partial charge in [-0.3, -0.25) is 4.79 Å². The third-order valence-electron chi connectivity index (χ3n) is 1.43. The number of anilines is 1. The van der Waals surface area contributed by atoms with Crippen molar-refractivity contribution < 1.29 is 4.79 Å². The second-order valence-corrected chi connectivity index (χ2v) is 3.02. The van der Waals surface area contributed by atoms with Gasteiger partial charge in [-0.1, -0.05) is 23.2 Å². The molecule has 0 fully saturated rings. The summed E-state index contributed by atoms with van der Waals surface area (Å²) >= 11 is 11.2. The number of nitrogen functional groups attached to an aromatic ring is 1. The summed E-state index contributed by atoms with van der Waals surface area (Å²) in [7, 11) is 1.48. The average molecular weight is 220 g/mol. The maximum atomic E-state index is 11.2. The fourth-order valence-electron chi connectivity index (χ4n) is 0.851. The lowest BCUT2D eigenvalue weighted by Gasteiger charge is -2.05. The lowest BCUT2D eigenvalue weighted by atomic mass is 10.2. The van der Waals surface area contributed by atoms with Gasteiger partial charge in [-0.2, -0.15) is 0 Å². The minimum atomic E-state index is -0.383. The molecule has 1 rings (SSSR count). The van der Waals surface area contributed by atoms with Crippen molar-refractivity contribution in [1.29, 1.82) is 0 Å². The molecule has 1 aromatic rings. The number of rotatable bonds is 1. The minimum Gasteiger partial charge on any atom is -0.398 e. The molecule has 0 radical (unpaired) electrons. The number of amides is 1. The Morgan fingerprint density at radius 1 is 1.62 bits per heavy atom. The third kappa shape index (κ3) is 2.02. The zero-order valence-corrected chi connectivity index (χ0v) is 8.28. The van der Waals surface area contributed by atoms with Gasteiger partial charge in [0.2, 0.25) is 0 Å². The molecule has 0 spiro atoms. The van der Waals surface area contributed by atoms with Gasteiger partial charge in [0.15, 0.2) is 0 Å². The van der Waals surface area contributed by atoms with E-state index in [-0.39, 0.29) is 27.5 Å². The maximum Gasteiger partial charge on any atom is 0.256 e. The zero-order chi connectivity index (χ0) is 10.0. The summed E-state index contributed by atoms with van der Waals surface area (Å²) in [4.78, 5) is 14.9. The van der Waals surface area contributed by atoms with Crippen LogP contribution in [0.5, 0.6) is 0 Å². The van der Waals surface area contributed by atoms with E-state index >= 15 is 0 Å². The molecular weight excluding hydrogens is 213 g/mol. The van der Waals surface area contributed by atoms with Crippen molar-refractivity contribution in [3.05, 3.63) is 21.9 Å². The first-order chi connectivity index (χ1) is 6.06. The van der Waals surface area contributed by atoms with Crippen LogP contribution in [0.15, 0.2) is 6.07 Å². The predicted octanol–water partition coefficient (Wildman–Crippen LogP) is 1.33. The molecule has 4 nitrogen and oxygen atoms in total. The van der Waals surface area contributed by atoms with Crippen LogP contribution in [0.25, 0.3) is 0 Å². The Balaban J connectivity index is 3.28. The predicted molar refractivity (Wildman–Crippen MR) is 52.1 cm³/mol. The number of nitrogens with one attached hydrogen (secondary N) is 1. The van der Waals surface area contributed by atoms with Gasteiger partial charge in [-0.25, -0.2) is 4.98 Å². The van der Waals surface area contributed by atoms with Gasteiger partial charge >= 0.3 is 0 Å². The van der Waals surface area contributed by atoms with E-state index in [2.05, 4.69) is 10.3 Å². The first-order valence-electron chi connectivity index (χ1n) is 3.40. The smallest absolute Gasteiger partial charge is 0.256 e. The van der Waals surface area contributed by atoms with Crippen LogP contribution in [0, 0.1) is 0 Å². The normalized spacial score (nSPS) is 9.77. The summed E-state index contributed by atoms with van der Waals surface area (Å²) in [6, 6.07) is 1.37. The first-order valence-corrected chi connectivity index (χ1v) is 4.15. The molecule has 1 aromatic heterocycles. The molecule has 0 saturated heterocycles. The molecule has 0 aliphatic carbocycles. The van der Waals surface area contributed by atoms with Gasteiger partial charge in [0, 0.05) is 7.05 Å². The molecule has 0 unspecified atom stereocenters. The molecule has 6 heteroatoms. The highest BCUT2D eigenvalue weighted by Gasteiger charge is 2.14. The molecule has 0 aliphatic rings. The number of nitrogens with zero attached hydrogens (tertiary/aromatic N) is 1. The van der Waals surface area contributed by atoms with E-state index in [4.69, 9.17) is 28.9 Å². The molecular formula is C7H7Cl2N3O. The number of aromatic nitrogens is 1. The molecule has 0 atom stereocenters. The fourth-order valence-corrected chi connectivity index (χ4v) is 1.38. The zero-order valence-electron chi connectivity index (χ0n) is 6.77. The van der Waals surface area contributed by atoms with Gasteiger partial charge < -0.3 is 11.1 Å². The molecule has 70 valence electrons. The van der Waals surface area contributed by atoms with Gasteiger partial charge in [0.05, 0.1) is 11.3 Å². The molecule has 1 amide bonds. The number of hydrogen-bond donors (Lipinski definition) is 2. The summed E-state index contributed by atoms with van der Waals surface area (Å²) in [5.74, 6) is -0.383. The molecule has 0 bridgehead atoms. The van der Waals surface area contributed by atoms with Crippen LogP contribution in [0.1, 0.15) is 10.4 Å². The lowest BCUT2D eigenvalue weighted by molar-refractivity contribution is 0.0964. The van der Waals surface area contributed by atoms with E-state index < -0.39 is 0 Å². The Hall–Kier alpha value is -1.00. The van der Waals surface area contributed by atoms with Crippen molar-refractivity contribution in [3.63, 3.8) is 0 Å². The van der Waals surface area contributed by atoms with Crippen LogP contribution in [0.2, 0.25) is 10.3 Å². The van der Waals surface area contributed by atoms with Crippen molar-refractivity contribution in [2.45, 2.75) is 0 Å². The second kappa shape index (κ2) is 3.81. The van der Waals surface area contributed by atoms with Crippen molar-refractivity contribution in [2.24, 2.45) is 0 Å². The summed E-state index contributed by atoms with van der Waals surface area (Å²) in [5, 5.41) is 2.56. The third-order valence-corrected chi connectivity index (χ3v) is 1.90. The van der Waals surface area contributed by atoms with Gasteiger partial charge in [0.1, 0.15) is 10.3 Å². The van der Waals surface area contributed by atoms with E-state index in [1.54, 1.807) is 0 Å². The SMILES string of the molecule is CNC(=O)c1c(N)cc(Cl)nc1Cl. The van der Waals surface area contributed by atoms with E-state index in [1.807, 2.05) is 0 Å². The van der Waals surface area contributed by atoms with Crippen LogP contribution in [-0.4, -0.2) is 17.9 Å². The quantitative estimate of drug-likeness (QED) is 0.701. The van der Waals surface area contributed by atoms with E-state index in [0.717, 1.165) is 0 Å². The summed E-state index contributed by atoms with van der Waals surface area (Å²) in [6.45, 7) is 0. The highest BCUT2D eigenvalue weighted by Crippen LogP contribution is 2.23. The number of carbonyl (C=O) groups is 1. The average Bonchev–Trinajstić information content (AvgIpc) is 2.02. The van der Waals surface area contributed by atoms with Crippen molar-refractivity contribution in [1.82, 2.24) is 10.3 Å². The molecule has 0 aromatic carbocycles. The number of nitrogens with two attached hydrogens (primary N) is 1. The standard InChI is InChI=1S/C7H7Cl2N3O/c1-11-7(13)5-3(10)2-4(8)12-6(5)9/h2H,1H3,(H2,10,12)(H,11,13). The molecule has 0 aliphatic heterocycles. The number of hydrogen-bond acceptors (Lipinski definition) is 3. The van der Waals surface area contributed by atoms with E-state index in [1.165, 1.54) is 13.1 Å². The van der Waals surface area contributed by atoms with Gasteiger partial charge in [-0.15, -0.1) is 0 Å². The summed E-state index contributed by atoms with van der Waals surface area (Å²) < 4.78 is 0. The molecule has 3 N–H and O–H groups in total. The monoisotopic (exact) mass is 219 g/mol. The number of halogens is 2. The van der Waals surface area contributed by atoms with Crippen LogP contribution >= 0.6 is 23.2 Å². The van der Waals surface area contributed by atoms with Crippen LogP contribution in [0.4, 0.5) is 5.69 Å². The molecule has 13 heavy (non-hydrogen) atoms. The molecule has 1 heterocycles. The van der Waals surface area contributed by atoms with Crippen molar-refractivity contribution in [3.8, 4) is 0 Å². The Bertz CT molecular complexity index is 331. The van der Waals surface area contributed by atoms with Crippen LogP contribution < -0.4 is 11.1 Å². The highest BCUT2D eigenvalue weighted by atomic mass is 35.5. The second-order valence-electron chi connectivity index (χ2n) is 2.28. The van der Waals surface area contributed by atoms with E-state index in [9.17, 15) is 4.79 Å². The summed E-state index contributed by atoms with van der Waals surface area (Å²) in [6.07, 6.45) is 0. The maximum absolute atomic E-state index is 11.2. The first kappa shape index (κ1) is 10.1. The fraction of sp³-hybridized carbons (Fsp3) is 0.143. The van der Waals surface area contributed by atoms with Crippen molar-refractivity contribution in [2.75, 3.05) is 12.8 Å². The Morgan fingerprint density at radius 3 is 2.69 bits per heavy atom. The number of carbonyl (C=O) groups excluding carboxylic acids is 1. The Kier molecular flexibility index (Phi) is 2.95. The van der Waals surface area contributed by atoms with E-state index in [0.29, 0.717) is 0 Å². The molecule has 0 saturated carbocycles. The minimum absolute atomic E-state index is 0.00403. The van der Waals surface area contributed by atoms with Crippen molar-refractivity contribution >= 4 is 34.8 Å². The summed E-state index contributed by atoms with van der Waals surface area (Å²) in [5.41, 5.74) is 5.89. The largest absolute Gasteiger partial charge is 0.398 e. The van der Waals surface area contributed by atoms with Crippen LogP contribution in [-0.2, 0) is 0 Å². The number of pyridine rings is 1. The van der Waals surface area contributed by atoms with Gasteiger partial charge in [0.25, 0.3) is 5.91 Å². The van der Waals surface area contributed by atoms with Gasteiger partial charge in [-0.05, 0) is 6.07 Å². The van der Waals surface area contributed by atoms with Crippen LogP contribution in [0.3, 0.4) is 0 Å².